The van der Waals surface area contributed by atoms with Gasteiger partial charge >= 0.3 is 0 Å². The van der Waals surface area contributed by atoms with Gasteiger partial charge in [-0.25, -0.2) is 8.78 Å². The highest BCUT2D eigenvalue weighted by molar-refractivity contribution is 5.47. The summed E-state index contributed by atoms with van der Waals surface area (Å²) < 4.78 is 26.2. The van der Waals surface area contributed by atoms with Gasteiger partial charge in [-0.1, -0.05) is 0 Å². The van der Waals surface area contributed by atoms with Gasteiger partial charge in [-0.2, -0.15) is 0 Å². The lowest BCUT2D eigenvalue weighted by Crippen LogP contribution is -2.36. The van der Waals surface area contributed by atoms with Gasteiger partial charge in [0.15, 0.2) is 0 Å². The van der Waals surface area contributed by atoms with Crippen molar-refractivity contribution in [3.8, 4) is 0 Å². The minimum Gasteiger partial charge on any atom is -0.389 e. The van der Waals surface area contributed by atoms with Crippen molar-refractivity contribution in [2.75, 3.05) is 18.5 Å². The Morgan fingerprint density at radius 2 is 1.93 bits per heavy atom. The SMILES string of the molecule is CN(CC(C)(C)O)c1cc(F)ccc1F. The summed E-state index contributed by atoms with van der Waals surface area (Å²) in [6, 6.07) is 3.25. The molecule has 0 amide bonds. The summed E-state index contributed by atoms with van der Waals surface area (Å²) in [4.78, 5) is 1.48. The zero-order valence-electron chi connectivity index (χ0n) is 9.09. The Balaban J connectivity index is 2.90. The molecule has 0 bridgehead atoms. The maximum Gasteiger partial charge on any atom is 0.146 e. The normalized spacial score (nSPS) is 11.6. The van der Waals surface area contributed by atoms with Crippen LogP contribution in [-0.4, -0.2) is 24.3 Å². The molecule has 84 valence electrons. The molecule has 0 spiro atoms. The molecule has 0 aliphatic rings. The van der Waals surface area contributed by atoms with Crippen LogP contribution < -0.4 is 4.90 Å². The van der Waals surface area contributed by atoms with Crippen LogP contribution >= 0.6 is 0 Å². The van der Waals surface area contributed by atoms with E-state index in [0.717, 1.165) is 18.2 Å². The molecule has 0 saturated carbocycles. The predicted octanol–water partition coefficient (Wildman–Crippen LogP) is 2.17. The zero-order valence-corrected chi connectivity index (χ0v) is 9.09. The fraction of sp³-hybridized carbons (Fsp3) is 0.455. The maximum absolute atomic E-state index is 13.3. The van der Waals surface area contributed by atoms with Gasteiger partial charge in [0.25, 0.3) is 0 Å². The molecule has 0 atom stereocenters. The first-order chi connectivity index (χ1) is 6.79. The van der Waals surface area contributed by atoms with E-state index >= 15 is 0 Å². The van der Waals surface area contributed by atoms with Gasteiger partial charge in [-0.05, 0) is 26.0 Å². The Labute approximate surface area is 88.1 Å². The number of rotatable bonds is 3. The highest BCUT2D eigenvalue weighted by Gasteiger charge is 2.18. The van der Waals surface area contributed by atoms with Crippen molar-refractivity contribution in [2.45, 2.75) is 19.4 Å². The first-order valence-electron chi connectivity index (χ1n) is 4.68. The van der Waals surface area contributed by atoms with Crippen LogP contribution in [-0.2, 0) is 0 Å². The molecular formula is C11H15F2NO. The minimum atomic E-state index is -0.951. The lowest BCUT2D eigenvalue weighted by Gasteiger charge is -2.27. The highest BCUT2D eigenvalue weighted by atomic mass is 19.1. The Morgan fingerprint density at radius 1 is 1.33 bits per heavy atom. The Hall–Kier alpha value is -1.16. The van der Waals surface area contributed by atoms with Crippen LogP contribution in [0.3, 0.4) is 0 Å². The molecule has 4 heteroatoms. The number of hydrogen-bond donors (Lipinski definition) is 1. The quantitative estimate of drug-likeness (QED) is 0.835. The summed E-state index contributed by atoms with van der Waals surface area (Å²) in [6.45, 7) is 3.45. The average molecular weight is 215 g/mol. The van der Waals surface area contributed by atoms with Gasteiger partial charge in [0.1, 0.15) is 11.6 Å². The largest absolute Gasteiger partial charge is 0.389 e. The van der Waals surface area contributed by atoms with Crippen molar-refractivity contribution in [2.24, 2.45) is 0 Å². The number of hydrogen-bond acceptors (Lipinski definition) is 2. The van der Waals surface area contributed by atoms with Crippen LogP contribution in [0.1, 0.15) is 13.8 Å². The Bertz CT molecular complexity index is 347. The monoisotopic (exact) mass is 215 g/mol. The van der Waals surface area contributed by atoms with Crippen LogP contribution in [0.2, 0.25) is 0 Å². The van der Waals surface area contributed by atoms with E-state index in [9.17, 15) is 13.9 Å². The van der Waals surface area contributed by atoms with Crippen LogP contribution in [0.15, 0.2) is 18.2 Å². The number of aliphatic hydroxyl groups is 1. The minimum absolute atomic E-state index is 0.150. The Morgan fingerprint density at radius 3 is 2.47 bits per heavy atom. The fourth-order valence-corrected chi connectivity index (χ4v) is 1.44. The molecule has 0 unspecified atom stereocenters. The molecule has 0 fully saturated rings. The molecule has 0 saturated heterocycles. The molecule has 0 aromatic heterocycles. The highest BCUT2D eigenvalue weighted by Crippen LogP contribution is 2.20. The number of anilines is 1. The van der Waals surface area contributed by atoms with Gasteiger partial charge in [-0.15, -0.1) is 0 Å². The third kappa shape index (κ3) is 3.47. The van der Waals surface area contributed by atoms with Crippen molar-refractivity contribution >= 4 is 5.69 Å². The van der Waals surface area contributed by atoms with E-state index in [0.29, 0.717) is 0 Å². The van der Waals surface area contributed by atoms with E-state index in [2.05, 4.69) is 0 Å². The molecule has 0 heterocycles. The van der Waals surface area contributed by atoms with Crippen molar-refractivity contribution in [1.29, 1.82) is 0 Å². The first-order valence-corrected chi connectivity index (χ1v) is 4.68. The summed E-state index contributed by atoms with van der Waals surface area (Å²) in [5.74, 6) is -0.989. The van der Waals surface area contributed by atoms with Gasteiger partial charge in [-0.3, -0.25) is 0 Å². The molecule has 1 rings (SSSR count). The molecule has 1 aromatic rings. The maximum atomic E-state index is 13.3. The molecule has 0 aliphatic heterocycles. The lowest BCUT2D eigenvalue weighted by molar-refractivity contribution is 0.0885. The predicted molar refractivity (Wildman–Crippen MR) is 55.9 cm³/mol. The molecule has 1 aromatic carbocycles. The van der Waals surface area contributed by atoms with Crippen LogP contribution in [0.5, 0.6) is 0 Å². The van der Waals surface area contributed by atoms with E-state index in [1.54, 1.807) is 20.9 Å². The second kappa shape index (κ2) is 4.14. The summed E-state index contributed by atoms with van der Waals surface area (Å²) >= 11 is 0. The zero-order chi connectivity index (χ0) is 11.6. The summed E-state index contributed by atoms with van der Waals surface area (Å²) in [7, 11) is 1.61. The van der Waals surface area contributed by atoms with Crippen molar-refractivity contribution in [3.05, 3.63) is 29.8 Å². The topological polar surface area (TPSA) is 23.5 Å². The molecule has 2 nitrogen and oxygen atoms in total. The lowest BCUT2D eigenvalue weighted by atomic mass is 10.1. The van der Waals surface area contributed by atoms with Crippen molar-refractivity contribution in [3.63, 3.8) is 0 Å². The number of halogens is 2. The van der Waals surface area contributed by atoms with E-state index in [4.69, 9.17) is 0 Å². The summed E-state index contributed by atoms with van der Waals surface area (Å²) in [5.41, 5.74) is -0.801. The number of likely N-dealkylation sites (N-methyl/N-ethyl adjacent to an activating group) is 1. The van der Waals surface area contributed by atoms with Crippen molar-refractivity contribution < 1.29 is 13.9 Å². The van der Waals surface area contributed by atoms with Gasteiger partial charge in [0.2, 0.25) is 0 Å². The fourth-order valence-electron chi connectivity index (χ4n) is 1.44. The van der Waals surface area contributed by atoms with Crippen LogP contribution in [0, 0.1) is 11.6 Å². The van der Waals surface area contributed by atoms with Crippen LogP contribution in [0.25, 0.3) is 0 Å². The first kappa shape index (κ1) is 11.9. The summed E-state index contributed by atoms with van der Waals surface area (Å²) in [6.07, 6.45) is 0. The Kier molecular flexibility index (Phi) is 3.29. The third-order valence-electron chi connectivity index (χ3n) is 1.94. The smallest absolute Gasteiger partial charge is 0.146 e. The molecule has 0 aliphatic carbocycles. The molecule has 1 N–H and O–H groups in total. The molecule has 0 radical (unpaired) electrons. The van der Waals surface area contributed by atoms with Gasteiger partial charge in [0, 0.05) is 19.7 Å². The van der Waals surface area contributed by atoms with E-state index < -0.39 is 17.2 Å². The van der Waals surface area contributed by atoms with E-state index in [-0.39, 0.29) is 12.2 Å². The summed E-state index contributed by atoms with van der Waals surface area (Å²) in [5, 5.41) is 9.55. The van der Waals surface area contributed by atoms with Gasteiger partial charge in [0.05, 0.1) is 11.3 Å². The van der Waals surface area contributed by atoms with Crippen molar-refractivity contribution in [1.82, 2.24) is 0 Å². The van der Waals surface area contributed by atoms with Crippen LogP contribution in [0.4, 0.5) is 14.5 Å². The van der Waals surface area contributed by atoms with E-state index in [1.165, 1.54) is 4.90 Å². The van der Waals surface area contributed by atoms with Gasteiger partial charge < -0.3 is 10.0 Å². The molecular weight excluding hydrogens is 200 g/mol. The molecule has 15 heavy (non-hydrogen) atoms. The average Bonchev–Trinajstić information content (AvgIpc) is 2.06. The standard InChI is InChI=1S/C11H15F2NO/c1-11(2,15)7-14(3)10-6-8(12)4-5-9(10)13/h4-6,15H,7H2,1-3H3. The second-order valence-corrected chi connectivity index (χ2v) is 4.26. The second-order valence-electron chi connectivity index (χ2n) is 4.26. The number of benzene rings is 1. The number of nitrogens with zero attached hydrogens (tertiary/aromatic N) is 1. The van der Waals surface area contributed by atoms with E-state index in [1.807, 2.05) is 0 Å². The third-order valence-corrected chi connectivity index (χ3v) is 1.94.